The molecule has 0 bridgehead atoms. The lowest BCUT2D eigenvalue weighted by Crippen LogP contribution is -2.18. The van der Waals surface area contributed by atoms with E-state index in [4.69, 9.17) is 0 Å². The Morgan fingerprint density at radius 3 is 3.05 bits per heavy atom. The summed E-state index contributed by atoms with van der Waals surface area (Å²) in [6.45, 7) is 0.743. The number of fused-ring (bicyclic) bond motifs is 2. The number of nitrogens with one attached hydrogen (secondary N) is 1. The Labute approximate surface area is 126 Å². The molecule has 3 heterocycles. The SMILES string of the molecule is CN(Cc1cccc2cnccc12)c1ncnc2nc[nH]c12. The van der Waals surface area contributed by atoms with Crippen molar-refractivity contribution in [2.75, 3.05) is 11.9 Å². The van der Waals surface area contributed by atoms with Crippen LogP contribution in [0.2, 0.25) is 0 Å². The van der Waals surface area contributed by atoms with Crippen LogP contribution in [0.1, 0.15) is 5.56 Å². The Morgan fingerprint density at radius 1 is 1.14 bits per heavy atom. The highest BCUT2D eigenvalue weighted by molar-refractivity contribution is 5.86. The minimum Gasteiger partial charge on any atom is -0.353 e. The molecular formula is C16H14N6. The van der Waals surface area contributed by atoms with E-state index in [9.17, 15) is 0 Å². The van der Waals surface area contributed by atoms with Gasteiger partial charge in [-0.2, -0.15) is 0 Å². The smallest absolute Gasteiger partial charge is 0.182 e. The lowest BCUT2D eigenvalue weighted by molar-refractivity contribution is 0.904. The molecule has 0 aliphatic heterocycles. The number of imidazole rings is 1. The second-order valence-electron chi connectivity index (χ2n) is 5.17. The van der Waals surface area contributed by atoms with Crippen molar-refractivity contribution in [1.82, 2.24) is 24.9 Å². The predicted octanol–water partition coefficient (Wildman–Crippen LogP) is 2.54. The maximum Gasteiger partial charge on any atom is 0.182 e. The Balaban J connectivity index is 1.75. The molecule has 22 heavy (non-hydrogen) atoms. The summed E-state index contributed by atoms with van der Waals surface area (Å²) in [4.78, 5) is 22.1. The minimum atomic E-state index is 0.680. The lowest BCUT2D eigenvalue weighted by Gasteiger charge is -2.19. The van der Waals surface area contributed by atoms with Gasteiger partial charge >= 0.3 is 0 Å². The molecule has 6 heteroatoms. The number of hydrogen-bond acceptors (Lipinski definition) is 5. The number of benzene rings is 1. The molecule has 1 aromatic carbocycles. The van der Waals surface area contributed by atoms with Gasteiger partial charge in [-0.05, 0) is 17.0 Å². The van der Waals surface area contributed by atoms with E-state index >= 15 is 0 Å². The van der Waals surface area contributed by atoms with Crippen LogP contribution in [0.3, 0.4) is 0 Å². The first kappa shape index (κ1) is 12.7. The van der Waals surface area contributed by atoms with E-state index in [0.717, 1.165) is 23.3 Å². The normalized spacial score (nSPS) is 11.1. The van der Waals surface area contributed by atoms with Crippen LogP contribution in [-0.2, 0) is 6.54 Å². The summed E-state index contributed by atoms with van der Waals surface area (Å²) in [6, 6.07) is 8.30. The maximum atomic E-state index is 4.39. The lowest BCUT2D eigenvalue weighted by atomic mass is 10.1. The fraction of sp³-hybridized carbons (Fsp3) is 0.125. The maximum absolute atomic E-state index is 4.39. The molecular weight excluding hydrogens is 276 g/mol. The zero-order chi connectivity index (χ0) is 14.9. The van der Waals surface area contributed by atoms with Crippen molar-refractivity contribution in [3.8, 4) is 0 Å². The molecule has 1 N–H and O–H groups in total. The van der Waals surface area contributed by atoms with E-state index in [1.165, 1.54) is 10.9 Å². The summed E-state index contributed by atoms with van der Waals surface area (Å²) < 4.78 is 0. The van der Waals surface area contributed by atoms with E-state index in [-0.39, 0.29) is 0 Å². The van der Waals surface area contributed by atoms with E-state index in [2.05, 4.69) is 48.0 Å². The van der Waals surface area contributed by atoms with Crippen molar-refractivity contribution in [3.05, 3.63) is 54.9 Å². The molecule has 0 unspecified atom stereocenters. The highest BCUT2D eigenvalue weighted by Gasteiger charge is 2.12. The van der Waals surface area contributed by atoms with Gasteiger partial charge in [0.1, 0.15) is 11.8 Å². The van der Waals surface area contributed by atoms with Crippen LogP contribution in [0.4, 0.5) is 5.82 Å². The number of H-pyrrole nitrogens is 1. The first-order chi connectivity index (χ1) is 10.8. The predicted molar refractivity (Wildman–Crippen MR) is 85.5 cm³/mol. The van der Waals surface area contributed by atoms with Crippen LogP contribution >= 0.6 is 0 Å². The molecule has 0 saturated heterocycles. The summed E-state index contributed by atoms with van der Waals surface area (Å²) in [5, 5.41) is 2.35. The number of pyridine rings is 1. The quantitative estimate of drug-likeness (QED) is 0.628. The van der Waals surface area contributed by atoms with Crippen molar-refractivity contribution in [2.45, 2.75) is 6.54 Å². The molecule has 0 saturated carbocycles. The average molecular weight is 290 g/mol. The third kappa shape index (κ3) is 2.05. The zero-order valence-electron chi connectivity index (χ0n) is 12.1. The van der Waals surface area contributed by atoms with E-state index in [1.807, 2.05) is 25.5 Å². The number of rotatable bonds is 3. The summed E-state index contributed by atoms with van der Waals surface area (Å²) in [6.07, 6.45) is 6.89. The molecule has 0 aliphatic rings. The number of nitrogens with zero attached hydrogens (tertiary/aromatic N) is 5. The van der Waals surface area contributed by atoms with Gasteiger partial charge in [-0.1, -0.05) is 18.2 Å². The molecule has 0 atom stereocenters. The van der Waals surface area contributed by atoms with Gasteiger partial charge in [0.15, 0.2) is 11.5 Å². The highest BCUT2D eigenvalue weighted by atomic mass is 15.2. The molecule has 0 amide bonds. The summed E-state index contributed by atoms with van der Waals surface area (Å²) in [5.74, 6) is 0.841. The van der Waals surface area contributed by atoms with Gasteiger partial charge in [0.05, 0.1) is 6.33 Å². The monoisotopic (exact) mass is 290 g/mol. The summed E-state index contributed by atoms with van der Waals surface area (Å²) >= 11 is 0. The summed E-state index contributed by atoms with van der Waals surface area (Å²) in [7, 11) is 2.02. The first-order valence-electron chi connectivity index (χ1n) is 7.00. The Bertz CT molecular complexity index is 940. The first-order valence-corrected chi connectivity index (χ1v) is 7.00. The van der Waals surface area contributed by atoms with Gasteiger partial charge in [-0.25, -0.2) is 15.0 Å². The number of aromatic nitrogens is 5. The number of anilines is 1. The van der Waals surface area contributed by atoms with Crippen molar-refractivity contribution in [3.63, 3.8) is 0 Å². The Hall–Kier alpha value is -3.02. The van der Waals surface area contributed by atoms with Crippen LogP contribution in [0, 0.1) is 0 Å². The minimum absolute atomic E-state index is 0.680. The van der Waals surface area contributed by atoms with Gasteiger partial charge in [-0.3, -0.25) is 4.98 Å². The molecule has 0 radical (unpaired) electrons. The molecule has 108 valence electrons. The third-order valence-corrected chi connectivity index (χ3v) is 3.74. The van der Waals surface area contributed by atoms with Crippen LogP contribution < -0.4 is 4.90 Å². The standard InChI is InChI=1S/C16H14N6/c1-22(16-14-15(19-9-18-14)20-10-21-16)8-12-4-2-3-11-7-17-6-5-13(11)12/h2-7,9-10H,8H2,1H3,(H,18,19,20,21). The molecule has 4 aromatic rings. The Morgan fingerprint density at radius 2 is 2.09 bits per heavy atom. The topological polar surface area (TPSA) is 70.6 Å². The fourth-order valence-corrected chi connectivity index (χ4v) is 2.70. The van der Waals surface area contributed by atoms with Gasteiger partial charge in [0.25, 0.3) is 0 Å². The number of aromatic amines is 1. The molecule has 0 aliphatic carbocycles. The van der Waals surface area contributed by atoms with Gasteiger partial charge < -0.3 is 9.88 Å². The van der Waals surface area contributed by atoms with E-state index < -0.39 is 0 Å². The van der Waals surface area contributed by atoms with Gasteiger partial charge in [0.2, 0.25) is 0 Å². The van der Waals surface area contributed by atoms with Crippen molar-refractivity contribution >= 4 is 27.8 Å². The van der Waals surface area contributed by atoms with Gasteiger partial charge in [0, 0.05) is 31.4 Å². The highest BCUT2D eigenvalue weighted by Crippen LogP contribution is 2.23. The molecule has 3 aromatic heterocycles. The molecule has 0 fully saturated rings. The zero-order valence-corrected chi connectivity index (χ0v) is 12.1. The van der Waals surface area contributed by atoms with Crippen LogP contribution in [0.5, 0.6) is 0 Å². The third-order valence-electron chi connectivity index (χ3n) is 3.74. The van der Waals surface area contributed by atoms with E-state index in [0.29, 0.717) is 5.65 Å². The molecule has 0 spiro atoms. The van der Waals surface area contributed by atoms with Crippen molar-refractivity contribution in [1.29, 1.82) is 0 Å². The molecule has 6 nitrogen and oxygen atoms in total. The van der Waals surface area contributed by atoms with Gasteiger partial charge in [-0.15, -0.1) is 0 Å². The number of hydrogen-bond donors (Lipinski definition) is 1. The van der Waals surface area contributed by atoms with Crippen molar-refractivity contribution < 1.29 is 0 Å². The average Bonchev–Trinajstić information content (AvgIpc) is 3.03. The second-order valence-corrected chi connectivity index (χ2v) is 5.17. The summed E-state index contributed by atoms with van der Waals surface area (Å²) in [5.41, 5.74) is 2.76. The van der Waals surface area contributed by atoms with Crippen LogP contribution in [0.25, 0.3) is 21.9 Å². The van der Waals surface area contributed by atoms with Crippen molar-refractivity contribution in [2.24, 2.45) is 0 Å². The van der Waals surface area contributed by atoms with Crippen LogP contribution in [-0.4, -0.2) is 32.0 Å². The van der Waals surface area contributed by atoms with E-state index in [1.54, 1.807) is 12.7 Å². The molecule has 4 rings (SSSR count). The largest absolute Gasteiger partial charge is 0.353 e. The second kappa shape index (κ2) is 5.07. The van der Waals surface area contributed by atoms with Crippen LogP contribution in [0.15, 0.2) is 49.3 Å². The Kier molecular flexibility index (Phi) is 2.93. The fourth-order valence-electron chi connectivity index (χ4n) is 2.70.